The second kappa shape index (κ2) is 10.2. The van der Waals surface area contributed by atoms with Gasteiger partial charge in [0.1, 0.15) is 11.5 Å². The number of phenols is 1. The molecule has 2 saturated heterocycles. The van der Waals surface area contributed by atoms with Crippen LogP contribution in [0.2, 0.25) is 0 Å². The number of carbonyl (C=O) groups is 1. The van der Waals surface area contributed by atoms with Gasteiger partial charge in [0.05, 0.1) is 0 Å². The van der Waals surface area contributed by atoms with Crippen molar-refractivity contribution in [3.63, 3.8) is 0 Å². The summed E-state index contributed by atoms with van der Waals surface area (Å²) in [6.07, 6.45) is 8.17. The molecule has 1 atom stereocenters. The van der Waals surface area contributed by atoms with Gasteiger partial charge in [-0.05, 0) is 113 Å². The summed E-state index contributed by atoms with van der Waals surface area (Å²) in [6.45, 7) is 12.9. The normalized spacial score (nSPS) is 23.1. The number of ether oxygens (including phenoxy) is 1. The van der Waals surface area contributed by atoms with Crippen molar-refractivity contribution in [3.8, 4) is 11.5 Å². The Morgan fingerprint density at radius 2 is 1.74 bits per heavy atom. The van der Waals surface area contributed by atoms with Crippen molar-refractivity contribution in [2.75, 3.05) is 32.7 Å². The van der Waals surface area contributed by atoms with E-state index >= 15 is 0 Å². The molecule has 3 aromatic rings. The minimum atomic E-state index is -0.843. The zero-order chi connectivity index (χ0) is 27.3. The highest BCUT2D eigenvalue weighted by Crippen LogP contribution is 2.44. The molecule has 6 heteroatoms. The number of nitrogens with zero attached hydrogens (tertiary/aromatic N) is 2. The maximum absolute atomic E-state index is 13.7. The summed E-state index contributed by atoms with van der Waals surface area (Å²) in [5.41, 5.74) is 5.60. The van der Waals surface area contributed by atoms with Gasteiger partial charge in [0.25, 0.3) is 5.91 Å². The number of piperidine rings is 2. The molecule has 0 spiro atoms. The second-order valence-electron chi connectivity index (χ2n) is 12.5. The van der Waals surface area contributed by atoms with Crippen LogP contribution in [0.25, 0.3) is 10.9 Å². The summed E-state index contributed by atoms with van der Waals surface area (Å²) in [4.78, 5) is 21.9. The van der Waals surface area contributed by atoms with Crippen LogP contribution in [0.3, 0.4) is 0 Å². The molecule has 1 aromatic heterocycles. The van der Waals surface area contributed by atoms with E-state index in [0.29, 0.717) is 24.0 Å². The molecule has 2 N–H and O–H groups in total. The van der Waals surface area contributed by atoms with E-state index in [4.69, 9.17) is 4.74 Å². The van der Waals surface area contributed by atoms with Crippen LogP contribution in [0, 0.1) is 26.7 Å². The Labute approximate surface area is 232 Å². The van der Waals surface area contributed by atoms with E-state index in [1.165, 1.54) is 29.3 Å². The molecule has 2 fully saturated rings. The fraction of sp³-hybridized carbons (Fsp3) is 0.545. The predicted molar refractivity (Wildman–Crippen MR) is 156 cm³/mol. The van der Waals surface area contributed by atoms with Gasteiger partial charge in [0.2, 0.25) is 0 Å². The summed E-state index contributed by atoms with van der Waals surface area (Å²) >= 11 is 0. The Morgan fingerprint density at radius 3 is 2.49 bits per heavy atom. The number of phenolic OH excluding ortho intramolecular Hbond substituents is 1. The molecule has 4 heterocycles. The number of carbonyl (C=O) groups excluding carboxylic acids is 1. The molecule has 0 bridgehead atoms. The van der Waals surface area contributed by atoms with Crippen molar-refractivity contribution in [3.05, 3.63) is 58.3 Å². The minimum Gasteiger partial charge on any atom is -0.507 e. The van der Waals surface area contributed by atoms with Crippen molar-refractivity contribution in [1.82, 2.24) is 14.8 Å². The fourth-order valence-corrected chi connectivity index (χ4v) is 7.27. The standard InChI is InChI=1S/C33H43N3O3/c1-21-22(2)31-26(23(3)30(21)37)9-14-33(4,39-31)32(38)36-17-10-24(11-18-36)20-35-15-12-25(13-16-35)28-19-34-29-8-6-5-7-27(28)29/h5-8,19,24-25,34,37H,9-18,20H2,1-4H3/t33-/m1/s1. The molecule has 3 aliphatic rings. The highest BCUT2D eigenvalue weighted by molar-refractivity contribution is 5.86. The molecule has 2 aromatic carbocycles. The summed E-state index contributed by atoms with van der Waals surface area (Å²) in [5, 5.41) is 11.9. The maximum Gasteiger partial charge on any atom is 0.266 e. The van der Waals surface area contributed by atoms with E-state index in [0.717, 1.165) is 80.0 Å². The van der Waals surface area contributed by atoms with Crippen LogP contribution in [0.1, 0.15) is 72.8 Å². The number of rotatable bonds is 4. The van der Waals surface area contributed by atoms with Gasteiger partial charge in [-0.15, -0.1) is 0 Å². The highest BCUT2D eigenvalue weighted by atomic mass is 16.5. The zero-order valence-electron chi connectivity index (χ0n) is 24.0. The molecule has 0 unspecified atom stereocenters. The number of likely N-dealkylation sites (tertiary alicyclic amines) is 2. The van der Waals surface area contributed by atoms with E-state index < -0.39 is 5.60 Å². The monoisotopic (exact) mass is 529 g/mol. The smallest absolute Gasteiger partial charge is 0.266 e. The van der Waals surface area contributed by atoms with Crippen LogP contribution in [0.5, 0.6) is 11.5 Å². The van der Waals surface area contributed by atoms with Crippen LogP contribution in [-0.4, -0.2) is 64.1 Å². The van der Waals surface area contributed by atoms with Crippen LogP contribution < -0.4 is 4.74 Å². The Morgan fingerprint density at radius 1 is 1.03 bits per heavy atom. The van der Waals surface area contributed by atoms with Gasteiger partial charge in [0, 0.05) is 48.7 Å². The SMILES string of the molecule is Cc1c(C)c2c(c(C)c1O)CC[C@](C)(C(=O)N1CCC(CN3CCC(c4c[nH]c5ccccc45)CC3)CC1)O2. The number of aromatic nitrogens is 1. The van der Waals surface area contributed by atoms with Gasteiger partial charge >= 0.3 is 0 Å². The third-order valence-electron chi connectivity index (χ3n) is 10.0. The number of hydrogen-bond acceptors (Lipinski definition) is 4. The van der Waals surface area contributed by atoms with Crippen LogP contribution in [0.15, 0.2) is 30.5 Å². The summed E-state index contributed by atoms with van der Waals surface area (Å²) < 4.78 is 6.48. The fourth-order valence-electron chi connectivity index (χ4n) is 7.27. The first-order valence-corrected chi connectivity index (χ1v) is 14.8. The molecule has 208 valence electrons. The van der Waals surface area contributed by atoms with E-state index in [1.54, 1.807) is 0 Å². The van der Waals surface area contributed by atoms with Crippen LogP contribution in [-0.2, 0) is 11.2 Å². The Bertz CT molecular complexity index is 1380. The minimum absolute atomic E-state index is 0.119. The lowest BCUT2D eigenvalue weighted by atomic mass is 9.85. The number of hydrogen-bond donors (Lipinski definition) is 2. The number of amides is 1. The number of aromatic amines is 1. The number of para-hydroxylation sites is 1. The van der Waals surface area contributed by atoms with Gasteiger partial charge in [-0.2, -0.15) is 0 Å². The third-order valence-corrected chi connectivity index (χ3v) is 10.0. The molecule has 0 aliphatic carbocycles. The second-order valence-corrected chi connectivity index (χ2v) is 12.5. The van der Waals surface area contributed by atoms with E-state index in [1.807, 2.05) is 32.6 Å². The topological polar surface area (TPSA) is 68.8 Å². The Hall–Kier alpha value is -2.99. The Balaban J connectivity index is 1.02. The summed E-state index contributed by atoms with van der Waals surface area (Å²) in [5.74, 6) is 2.56. The largest absolute Gasteiger partial charge is 0.507 e. The molecule has 6 nitrogen and oxygen atoms in total. The van der Waals surface area contributed by atoms with Crippen molar-refractivity contribution >= 4 is 16.8 Å². The molecular formula is C33H43N3O3. The van der Waals surface area contributed by atoms with E-state index in [9.17, 15) is 9.90 Å². The summed E-state index contributed by atoms with van der Waals surface area (Å²) in [7, 11) is 0. The lowest BCUT2D eigenvalue weighted by Gasteiger charge is -2.42. The van der Waals surface area contributed by atoms with Crippen LogP contribution in [0.4, 0.5) is 0 Å². The van der Waals surface area contributed by atoms with Gasteiger partial charge < -0.3 is 24.6 Å². The molecule has 0 saturated carbocycles. The van der Waals surface area contributed by atoms with E-state index in [2.05, 4.69) is 40.3 Å². The lowest BCUT2D eigenvalue weighted by Crippen LogP contribution is -2.55. The highest BCUT2D eigenvalue weighted by Gasteiger charge is 2.44. The molecular weight excluding hydrogens is 486 g/mol. The first kappa shape index (κ1) is 26.2. The van der Waals surface area contributed by atoms with Gasteiger partial charge in [-0.25, -0.2) is 0 Å². The first-order valence-electron chi connectivity index (χ1n) is 14.8. The average Bonchev–Trinajstić information content (AvgIpc) is 3.40. The zero-order valence-corrected chi connectivity index (χ0v) is 24.0. The van der Waals surface area contributed by atoms with Crippen molar-refractivity contribution < 1.29 is 14.6 Å². The summed E-state index contributed by atoms with van der Waals surface area (Å²) in [6, 6.07) is 8.65. The number of aromatic hydroxyl groups is 1. The lowest BCUT2D eigenvalue weighted by molar-refractivity contribution is -0.150. The van der Waals surface area contributed by atoms with Gasteiger partial charge in [-0.3, -0.25) is 4.79 Å². The van der Waals surface area contributed by atoms with Crippen molar-refractivity contribution in [1.29, 1.82) is 0 Å². The number of nitrogens with one attached hydrogen (secondary N) is 1. The quantitative estimate of drug-likeness (QED) is 0.435. The molecule has 3 aliphatic heterocycles. The third kappa shape index (κ3) is 4.71. The average molecular weight is 530 g/mol. The molecule has 1 amide bonds. The maximum atomic E-state index is 13.7. The van der Waals surface area contributed by atoms with Gasteiger partial charge in [-0.1, -0.05) is 18.2 Å². The predicted octanol–water partition coefficient (Wildman–Crippen LogP) is 6.00. The number of H-pyrrole nitrogens is 1. The van der Waals surface area contributed by atoms with Crippen molar-refractivity contribution in [2.45, 2.75) is 77.7 Å². The number of benzene rings is 2. The first-order chi connectivity index (χ1) is 18.7. The molecule has 6 rings (SSSR count). The Kier molecular flexibility index (Phi) is 6.86. The molecule has 39 heavy (non-hydrogen) atoms. The van der Waals surface area contributed by atoms with Gasteiger partial charge in [0.15, 0.2) is 5.60 Å². The number of fused-ring (bicyclic) bond motifs is 2. The van der Waals surface area contributed by atoms with Crippen LogP contribution >= 0.6 is 0 Å². The molecule has 0 radical (unpaired) electrons. The van der Waals surface area contributed by atoms with Crippen molar-refractivity contribution in [2.24, 2.45) is 5.92 Å². The van der Waals surface area contributed by atoms with E-state index in [-0.39, 0.29) is 5.91 Å².